The molecule has 13 heteroatoms. The number of nitrogens with two attached hydrogens (primary N) is 1. The molecule has 2 atom stereocenters. The summed E-state index contributed by atoms with van der Waals surface area (Å²) in [5.41, 5.74) is 1.91. The van der Waals surface area contributed by atoms with Gasteiger partial charge in [-0.05, 0) is 25.7 Å². The Bertz CT molecular complexity index is 780. The molecule has 0 saturated heterocycles. The van der Waals surface area contributed by atoms with E-state index in [1.54, 1.807) is 20.8 Å². The van der Waals surface area contributed by atoms with Crippen LogP contribution in [0.3, 0.4) is 0 Å². The number of hydrogen-bond donors (Lipinski definition) is 2. The van der Waals surface area contributed by atoms with E-state index >= 15 is 0 Å². The summed E-state index contributed by atoms with van der Waals surface area (Å²) in [7, 11) is 0. The van der Waals surface area contributed by atoms with Crippen molar-refractivity contribution in [3.05, 3.63) is 0 Å². The lowest BCUT2D eigenvalue weighted by molar-refractivity contribution is -0.182. The Labute approximate surface area is 223 Å². The molecule has 0 bridgehead atoms. The molecule has 0 radical (unpaired) electrons. The summed E-state index contributed by atoms with van der Waals surface area (Å²) in [6, 6.07) is 0. The van der Waals surface area contributed by atoms with Crippen LogP contribution in [0.4, 0.5) is 9.59 Å². The van der Waals surface area contributed by atoms with E-state index in [1.165, 1.54) is 0 Å². The molecule has 0 heterocycles. The number of hydrogen-bond acceptors (Lipinski definition) is 10. The second-order valence-corrected chi connectivity index (χ2v) is 8.58. The van der Waals surface area contributed by atoms with E-state index in [-0.39, 0.29) is 31.3 Å². The topological polar surface area (TPSA) is 189 Å². The Morgan fingerprint density at radius 3 is 1.47 bits per heavy atom. The first-order valence-electron chi connectivity index (χ1n) is 13.0. The number of imide groups is 1. The number of carbonyl (C=O) groups excluding carboxylic acids is 5. The van der Waals surface area contributed by atoms with Crippen LogP contribution in [0.1, 0.15) is 85.5 Å². The second kappa shape index (κ2) is 18.8. The van der Waals surface area contributed by atoms with Crippen LogP contribution in [0.5, 0.6) is 0 Å². The molecule has 0 aliphatic heterocycles. The number of amides is 3. The normalized spacial score (nSPS) is 12.9. The van der Waals surface area contributed by atoms with E-state index in [2.05, 4.69) is 0 Å². The van der Waals surface area contributed by atoms with Gasteiger partial charge in [-0.3, -0.25) is 9.59 Å². The first-order valence-corrected chi connectivity index (χ1v) is 13.0. The third-order valence-electron chi connectivity index (χ3n) is 5.47. The van der Waals surface area contributed by atoms with Crippen LogP contribution in [0.15, 0.2) is 0 Å². The first kappa shape index (κ1) is 34.6. The number of ether oxygens (including phenoxy) is 4. The summed E-state index contributed by atoms with van der Waals surface area (Å²) in [6.07, 6.45) is -0.433. The fraction of sp³-hybridized carbons (Fsp3) is 0.760. The van der Waals surface area contributed by atoms with E-state index < -0.39 is 53.9 Å². The van der Waals surface area contributed by atoms with Gasteiger partial charge in [-0.2, -0.15) is 4.90 Å². The number of nitrogens with zero attached hydrogens (tertiary/aromatic N) is 1. The molecular weight excluding hydrogens is 504 g/mol. The predicted octanol–water partition coefficient (Wildman–Crippen LogP) is 3.16. The lowest BCUT2D eigenvalue weighted by atomic mass is 9.79. The zero-order valence-electron chi connectivity index (χ0n) is 22.8. The average Bonchev–Trinajstić information content (AvgIpc) is 2.85. The molecule has 0 aliphatic carbocycles. The summed E-state index contributed by atoms with van der Waals surface area (Å²) in [5, 5.41) is 10.4. The molecule has 218 valence electrons. The molecule has 13 nitrogen and oxygen atoms in total. The van der Waals surface area contributed by atoms with Gasteiger partial charge in [0.2, 0.25) is 5.91 Å². The largest absolute Gasteiger partial charge is 0.479 e. The number of carbonyl (C=O) groups is 6. The van der Waals surface area contributed by atoms with Gasteiger partial charge in [-0.15, -0.1) is 0 Å². The quantitative estimate of drug-likeness (QED) is 0.105. The molecule has 3 N–H and O–H groups in total. The highest BCUT2D eigenvalue weighted by Crippen LogP contribution is 2.34. The molecule has 1 unspecified atom stereocenters. The van der Waals surface area contributed by atoms with Gasteiger partial charge in [0, 0.05) is 6.42 Å². The maximum absolute atomic E-state index is 13.5. The fourth-order valence-corrected chi connectivity index (χ4v) is 3.26. The van der Waals surface area contributed by atoms with Crippen molar-refractivity contribution in [3.63, 3.8) is 0 Å². The zero-order valence-corrected chi connectivity index (χ0v) is 22.8. The van der Waals surface area contributed by atoms with Crippen LogP contribution in [-0.2, 0) is 38.1 Å². The monoisotopic (exact) mass is 546 g/mol. The molecule has 0 saturated carbocycles. The number of carboxylic acids is 1. The van der Waals surface area contributed by atoms with Gasteiger partial charge in [0.1, 0.15) is 5.92 Å². The van der Waals surface area contributed by atoms with Crippen LogP contribution in [0, 0.1) is 5.92 Å². The minimum Gasteiger partial charge on any atom is -0.479 e. The smallest absolute Gasteiger partial charge is 0.420 e. The van der Waals surface area contributed by atoms with E-state index in [1.807, 2.05) is 6.92 Å². The Morgan fingerprint density at radius 1 is 0.711 bits per heavy atom. The number of carboxylic acid groups (broad SMARTS) is 1. The lowest BCUT2D eigenvalue weighted by Gasteiger charge is -2.39. The predicted molar refractivity (Wildman–Crippen MR) is 134 cm³/mol. The van der Waals surface area contributed by atoms with E-state index in [0.717, 1.165) is 0 Å². The molecule has 0 spiro atoms. The third kappa shape index (κ3) is 10.2. The minimum absolute atomic E-state index is 0.0936. The van der Waals surface area contributed by atoms with Gasteiger partial charge in [0.15, 0.2) is 0 Å². The summed E-state index contributed by atoms with van der Waals surface area (Å²) < 4.78 is 20.4. The van der Waals surface area contributed by atoms with Gasteiger partial charge in [-0.25, -0.2) is 19.2 Å². The van der Waals surface area contributed by atoms with Crippen molar-refractivity contribution in [2.75, 3.05) is 26.4 Å². The van der Waals surface area contributed by atoms with E-state index in [9.17, 15) is 33.9 Å². The van der Waals surface area contributed by atoms with Gasteiger partial charge in [-0.1, -0.05) is 53.4 Å². The lowest BCUT2D eigenvalue weighted by Crippen LogP contribution is -2.70. The molecule has 0 aromatic carbocycles. The second-order valence-electron chi connectivity index (χ2n) is 8.58. The van der Waals surface area contributed by atoms with Crippen LogP contribution in [0.25, 0.3) is 0 Å². The summed E-state index contributed by atoms with van der Waals surface area (Å²) in [6.45, 7) is 6.27. The maximum Gasteiger partial charge on any atom is 0.420 e. The van der Waals surface area contributed by atoms with Gasteiger partial charge in [0.25, 0.3) is 5.54 Å². The highest BCUT2D eigenvalue weighted by atomic mass is 16.6. The Balaban J connectivity index is 7.10. The van der Waals surface area contributed by atoms with Crippen LogP contribution < -0.4 is 5.73 Å². The first-order chi connectivity index (χ1) is 18.1. The molecule has 0 fully saturated rings. The van der Waals surface area contributed by atoms with Crippen molar-refractivity contribution in [1.29, 1.82) is 0 Å². The van der Waals surface area contributed by atoms with Crippen molar-refractivity contribution < 1.29 is 52.8 Å². The number of unbranched alkanes of at least 4 members (excludes halogenated alkanes) is 4. The van der Waals surface area contributed by atoms with Crippen LogP contribution >= 0.6 is 0 Å². The third-order valence-corrected chi connectivity index (χ3v) is 5.47. The molecule has 3 amide bonds. The van der Waals surface area contributed by atoms with E-state index in [0.29, 0.717) is 51.4 Å². The fourth-order valence-electron chi connectivity index (χ4n) is 3.26. The van der Waals surface area contributed by atoms with Crippen molar-refractivity contribution in [2.45, 2.75) is 91.0 Å². The van der Waals surface area contributed by atoms with Crippen molar-refractivity contribution >= 4 is 36.0 Å². The highest BCUT2D eigenvalue weighted by Gasteiger charge is 2.67. The van der Waals surface area contributed by atoms with E-state index in [4.69, 9.17) is 24.7 Å². The molecule has 38 heavy (non-hydrogen) atoms. The average molecular weight is 547 g/mol. The molecule has 0 rings (SSSR count). The number of primary amides is 1. The van der Waals surface area contributed by atoms with Crippen molar-refractivity contribution in [1.82, 2.24) is 4.90 Å². The van der Waals surface area contributed by atoms with Crippen molar-refractivity contribution in [2.24, 2.45) is 11.7 Å². The molecule has 0 aromatic heterocycles. The van der Waals surface area contributed by atoms with Crippen molar-refractivity contribution in [3.8, 4) is 0 Å². The van der Waals surface area contributed by atoms with Gasteiger partial charge < -0.3 is 29.8 Å². The SMILES string of the molecule is CCCCOC(=O)C(CC(N)=O)[C@](C(=O)O)(C(=O)OCCCC)N(C(=O)OCCCC)C(=O)OCCCC. The minimum atomic E-state index is -3.40. The standard InChI is InChI=1S/C25H42N2O11/c1-5-9-13-35-20(29)18(17-19(26)28)25(21(30)31,22(32)36-14-10-6-2)27(23(33)37-15-11-7-3)24(34)38-16-12-8-4/h18H,5-17H2,1-4H3,(H2,26,28)(H,30,31)/t18?,25-/m0/s1. The molecular formula is C25H42N2O11. The number of esters is 2. The number of aliphatic carboxylic acids is 1. The van der Waals surface area contributed by atoms with Crippen LogP contribution in [0.2, 0.25) is 0 Å². The highest BCUT2D eigenvalue weighted by molar-refractivity contribution is 6.14. The van der Waals surface area contributed by atoms with Crippen LogP contribution in [-0.4, -0.2) is 78.0 Å². The Kier molecular flexibility index (Phi) is 17.1. The van der Waals surface area contributed by atoms with Gasteiger partial charge in [0.05, 0.1) is 26.4 Å². The zero-order chi connectivity index (χ0) is 29.1. The molecule has 0 aliphatic rings. The summed E-state index contributed by atoms with van der Waals surface area (Å²) in [4.78, 5) is 78.0. The number of rotatable bonds is 19. The Morgan fingerprint density at radius 2 is 1.11 bits per heavy atom. The Hall–Kier alpha value is -3.38. The summed E-state index contributed by atoms with van der Waals surface area (Å²) in [5.74, 6) is -8.54. The van der Waals surface area contributed by atoms with Gasteiger partial charge >= 0.3 is 30.1 Å². The summed E-state index contributed by atoms with van der Waals surface area (Å²) >= 11 is 0. The maximum atomic E-state index is 13.5. The molecule has 0 aromatic rings.